The molecule has 0 N–H and O–H groups in total. The largest absolute Gasteiger partial charge is 0.379 e. The zero-order valence-electron chi connectivity index (χ0n) is 7.86. The van der Waals surface area contributed by atoms with Crippen molar-refractivity contribution in [3.63, 3.8) is 0 Å². The van der Waals surface area contributed by atoms with Crippen molar-refractivity contribution in [1.29, 1.82) is 0 Å². The van der Waals surface area contributed by atoms with E-state index >= 15 is 0 Å². The fourth-order valence-corrected chi connectivity index (χ4v) is 1.86. The first kappa shape index (κ1) is 9.05. The molecular formula is C10H20O. The lowest BCUT2D eigenvalue weighted by atomic mass is 9.88. The molecule has 1 aliphatic rings. The lowest BCUT2D eigenvalue weighted by Crippen LogP contribution is -2.27. The van der Waals surface area contributed by atoms with Gasteiger partial charge in [-0.25, -0.2) is 0 Å². The minimum atomic E-state index is 0.195. The first-order valence-electron chi connectivity index (χ1n) is 4.82. The Morgan fingerprint density at radius 2 is 1.36 bits per heavy atom. The van der Waals surface area contributed by atoms with Gasteiger partial charge in [0.15, 0.2) is 0 Å². The summed E-state index contributed by atoms with van der Waals surface area (Å²) in [6.45, 7) is 2.25. The third-order valence-electron chi connectivity index (χ3n) is 2.90. The number of methoxy groups -OCH3 is 1. The third kappa shape index (κ3) is 2.82. The average molecular weight is 156 g/mol. The second kappa shape index (κ2) is 4.10. The monoisotopic (exact) mass is 156 g/mol. The number of hydrogen-bond acceptors (Lipinski definition) is 1. The maximum atomic E-state index is 5.51. The van der Waals surface area contributed by atoms with Gasteiger partial charge < -0.3 is 4.74 Å². The predicted molar refractivity (Wildman–Crippen MR) is 47.7 cm³/mol. The minimum absolute atomic E-state index is 0.195. The molecule has 0 amide bonds. The molecule has 0 aromatic carbocycles. The molecule has 0 aromatic rings. The van der Waals surface area contributed by atoms with Crippen molar-refractivity contribution in [3.8, 4) is 0 Å². The molecule has 1 aliphatic carbocycles. The molecule has 1 heteroatoms. The Hall–Kier alpha value is -0.0400. The van der Waals surface area contributed by atoms with E-state index in [1.807, 2.05) is 7.11 Å². The Morgan fingerprint density at radius 3 is 1.82 bits per heavy atom. The number of ether oxygens (including phenoxy) is 1. The van der Waals surface area contributed by atoms with E-state index in [0.29, 0.717) is 0 Å². The van der Waals surface area contributed by atoms with Crippen molar-refractivity contribution < 1.29 is 4.74 Å². The lowest BCUT2D eigenvalue weighted by Gasteiger charge is -2.29. The van der Waals surface area contributed by atoms with Crippen LogP contribution in [-0.4, -0.2) is 12.7 Å². The molecule has 0 aliphatic heterocycles. The molecule has 0 radical (unpaired) electrons. The third-order valence-corrected chi connectivity index (χ3v) is 2.90. The van der Waals surface area contributed by atoms with Gasteiger partial charge in [-0.15, -0.1) is 0 Å². The second-order valence-corrected chi connectivity index (χ2v) is 3.92. The van der Waals surface area contributed by atoms with E-state index in [9.17, 15) is 0 Å². The Morgan fingerprint density at radius 1 is 0.909 bits per heavy atom. The van der Waals surface area contributed by atoms with E-state index in [2.05, 4.69) is 6.92 Å². The van der Waals surface area contributed by atoms with Gasteiger partial charge in [-0.05, 0) is 19.8 Å². The van der Waals surface area contributed by atoms with Crippen molar-refractivity contribution in [1.82, 2.24) is 0 Å². The molecule has 0 aromatic heterocycles. The van der Waals surface area contributed by atoms with Crippen LogP contribution in [-0.2, 0) is 4.74 Å². The molecule has 0 atom stereocenters. The topological polar surface area (TPSA) is 9.23 Å². The molecule has 66 valence electrons. The van der Waals surface area contributed by atoms with Crippen LogP contribution in [0.2, 0.25) is 0 Å². The van der Waals surface area contributed by atoms with Gasteiger partial charge >= 0.3 is 0 Å². The van der Waals surface area contributed by atoms with Gasteiger partial charge in [0.25, 0.3) is 0 Å². The molecule has 0 unspecified atom stereocenters. The summed E-state index contributed by atoms with van der Waals surface area (Å²) >= 11 is 0. The van der Waals surface area contributed by atoms with Crippen LogP contribution >= 0.6 is 0 Å². The Bertz CT molecular complexity index is 101. The summed E-state index contributed by atoms with van der Waals surface area (Å²) in [5.41, 5.74) is 0.195. The van der Waals surface area contributed by atoms with E-state index in [1.54, 1.807) is 0 Å². The first-order valence-corrected chi connectivity index (χ1v) is 4.82. The molecule has 1 fully saturated rings. The summed E-state index contributed by atoms with van der Waals surface area (Å²) in [6, 6.07) is 0. The molecule has 11 heavy (non-hydrogen) atoms. The summed E-state index contributed by atoms with van der Waals surface area (Å²) in [4.78, 5) is 0. The summed E-state index contributed by atoms with van der Waals surface area (Å²) in [6.07, 6.45) is 9.44. The molecule has 0 heterocycles. The highest BCUT2D eigenvalue weighted by atomic mass is 16.5. The van der Waals surface area contributed by atoms with Crippen molar-refractivity contribution in [2.45, 2.75) is 57.5 Å². The summed E-state index contributed by atoms with van der Waals surface area (Å²) < 4.78 is 5.51. The Labute approximate surface area is 70.1 Å². The average Bonchev–Trinajstić information content (AvgIpc) is 1.98. The Balaban J connectivity index is 2.37. The summed E-state index contributed by atoms with van der Waals surface area (Å²) in [7, 11) is 1.85. The van der Waals surface area contributed by atoms with Crippen LogP contribution in [0.5, 0.6) is 0 Å². The number of hydrogen-bond donors (Lipinski definition) is 0. The highest BCUT2D eigenvalue weighted by molar-refractivity contribution is 4.76. The molecule has 0 saturated heterocycles. The highest BCUT2D eigenvalue weighted by Gasteiger charge is 2.23. The van der Waals surface area contributed by atoms with Crippen molar-refractivity contribution in [2.24, 2.45) is 0 Å². The van der Waals surface area contributed by atoms with Crippen molar-refractivity contribution >= 4 is 0 Å². The van der Waals surface area contributed by atoms with Gasteiger partial charge in [0.2, 0.25) is 0 Å². The van der Waals surface area contributed by atoms with E-state index in [0.717, 1.165) is 0 Å². The van der Waals surface area contributed by atoms with Crippen LogP contribution in [0.4, 0.5) is 0 Å². The summed E-state index contributed by atoms with van der Waals surface area (Å²) in [5, 5.41) is 0. The molecule has 0 bridgehead atoms. The zero-order chi connectivity index (χ0) is 8.16. The Kier molecular flexibility index (Phi) is 3.38. The lowest BCUT2D eigenvalue weighted by molar-refractivity contribution is -0.0148. The zero-order valence-corrected chi connectivity index (χ0v) is 7.86. The molecule has 1 rings (SSSR count). The van der Waals surface area contributed by atoms with Crippen LogP contribution in [0, 0.1) is 0 Å². The fraction of sp³-hybridized carbons (Fsp3) is 1.00. The van der Waals surface area contributed by atoms with Crippen molar-refractivity contribution in [3.05, 3.63) is 0 Å². The van der Waals surface area contributed by atoms with Crippen molar-refractivity contribution in [2.75, 3.05) is 7.11 Å². The van der Waals surface area contributed by atoms with Crippen LogP contribution < -0.4 is 0 Å². The van der Waals surface area contributed by atoms with E-state index < -0.39 is 0 Å². The number of rotatable bonds is 1. The highest BCUT2D eigenvalue weighted by Crippen LogP contribution is 2.28. The maximum absolute atomic E-state index is 5.51. The standard InChI is InChI=1S/C10H20O/c1-10(11-2)8-6-4-3-5-7-9-10/h3-9H2,1-2H3. The first-order chi connectivity index (χ1) is 5.27. The van der Waals surface area contributed by atoms with Gasteiger partial charge in [0.05, 0.1) is 5.60 Å². The van der Waals surface area contributed by atoms with Crippen LogP contribution in [0.25, 0.3) is 0 Å². The van der Waals surface area contributed by atoms with Crippen LogP contribution in [0.15, 0.2) is 0 Å². The minimum Gasteiger partial charge on any atom is -0.379 e. The SMILES string of the molecule is COC1(C)CCCCCCC1. The normalized spacial score (nSPS) is 25.6. The predicted octanol–water partition coefficient (Wildman–Crippen LogP) is 3.14. The smallest absolute Gasteiger partial charge is 0.0650 e. The van der Waals surface area contributed by atoms with E-state index in [1.165, 1.54) is 44.9 Å². The van der Waals surface area contributed by atoms with E-state index in [-0.39, 0.29) is 5.60 Å². The maximum Gasteiger partial charge on any atom is 0.0650 e. The van der Waals surface area contributed by atoms with Gasteiger partial charge in [0.1, 0.15) is 0 Å². The van der Waals surface area contributed by atoms with Gasteiger partial charge in [-0.2, -0.15) is 0 Å². The molecule has 1 saturated carbocycles. The molecule has 1 nitrogen and oxygen atoms in total. The van der Waals surface area contributed by atoms with Crippen LogP contribution in [0.1, 0.15) is 51.9 Å². The van der Waals surface area contributed by atoms with Gasteiger partial charge in [-0.3, -0.25) is 0 Å². The van der Waals surface area contributed by atoms with Gasteiger partial charge in [-0.1, -0.05) is 32.1 Å². The second-order valence-electron chi connectivity index (χ2n) is 3.92. The van der Waals surface area contributed by atoms with E-state index in [4.69, 9.17) is 4.74 Å². The molecular weight excluding hydrogens is 136 g/mol. The summed E-state index contributed by atoms with van der Waals surface area (Å²) in [5.74, 6) is 0. The fourth-order valence-electron chi connectivity index (χ4n) is 1.86. The quantitative estimate of drug-likeness (QED) is 0.566. The van der Waals surface area contributed by atoms with Gasteiger partial charge in [0, 0.05) is 7.11 Å². The molecule has 0 spiro atoms. The van der Waals surface area contributed by atoms with Crippen LogP contribution in [0.3, 0.4) is 0 Å².